The van der Waals surface area contributed by atoms with Gasteiger partial charge in [-0.25, -0.2) is 0 Å². The fraction of sp³-hybridized carbons (Fsp3) is 0.214. The third-order valence-electron chi connectivity index (χ3n) is 3.14. The molecule has 1 aliphatic heterocycles. The zero-order valence-electron chi connectivity index (χ0n) is 9.88. The molecule has 0 saturated carbocycles. The van der Waals surface area contributed by atoms with Gasteiger partial charge >= 0.3 is 0 Å². The zero-order chi connectivity index (χ0) is 13.4. The van der Waals surface area contributed by atoms with Gasteiger partial charge in [0.05, 0.1) is 6.10 Å². The van der Waals surface area contributed by atoms with E-state index >= 15 is 0 Å². The number of nitrogens with zero attached hydrogens (tertiary/aromatic N) is 1. The lowest BCUT2D eigenvalue weighted by molar-refractivity contribution is 0.0655. The van der Waals surface area contributed by atoms with Crippen molar-refractivity contribution in [3.05, 3.63) is 56.7 Å². The highest BCUT2D eigenvalue weighted by Crippen LogP contribution is 2.41. The molecule has 0 amide bonds. The minimum Gasteiger partial charge on any atom is -0.485 e. The van der Waals surface area contributed by atoms with Crippen molar-refractivity contribution < 1.29 is 9.84 Å². The number of fused-ring (bicyclic) bond motifs is 1. The van der Waals surface area contributed by atoms with E-state index in [4.69, 9.17) is 4.74 Å². The van der Waals surface area contributed by atoms with Crippen LogP contribution in [0.4, 0.5) is 0 Å². The smallest absolute Gasteiger partial charge is 0.128 e. The number of benzene rings is 1. The molecule has 0 bridgehead atoms. The van der Waals surface area contributed by atoms with E-state index in [1.807, 2.05) is 24.3 Å². The van der Waals surface area contributed by atoms with Crippen LogP contribution < -0.4 is 4.74 Å². The molecule has 0 radical (unpaired) electrons. The maximum atomic E-state index is 10.2. The van der Waals surface area contributed by atoms with Crippen LogP contribution in [0.5, 0.6) is 5.75 Å². The fourth-order valence-electron chi connectivity index (χ4n) is 2.23. The molecule has 0 aliphatic carbocycles. The van der Waals surface area contributed by atoms with Crippen LogP contribution in [-0.4, -0.2) is 10.1 Å². The van der Waals surface area contributed by atoms with Crippen molar-refractivity contribution in [3.8, 4) is 5.75 Å². The maximum absolute atomic E-state index is 10.2. The maximum Gasteiger partial charge on any atom is 0.128 e. The largest absolute Gasteiger partial charge is 0.485 e. The van der Waals surface area contributed by atoms with E-state index in [9.17, 15) is 5.11 Å². The lowest BCUT2D eigenvalue weighted by Gasteiger charge is -2.30. The van der Waals surface area contributed by atoms with Crippen LogP contribution in [-0.2, 0) is 0 Å². The van der Waals surface area contributed by atoms with Crippen molar-refractivity contribution >= 4 is 31.9 Å². The first-order chi connectivity index (χ1) is 9.13. The Morgan fingerprint density at radius 2 is 2.00 bits per heavy atom. The van der Waals surface area contributed by atoms with Gasteiger partial charge in [-0.2, -0.15) is 0 Å². The Bertz CT molecular complexity index is 618. The molecule has 1 aromatic heterocycles. The number of ether oxygens (including phenoxy) is 1. The summed E-state index contributed by atoms with van der Waals surface area (Å²) in [6.45, 7) is 0. The molecule has 5 heteroatoms. The molecule has 2 aromatic rings. The quantitative estimate of drug-likeness (QED) is 0.802. The average Bonchev–Trinajstić information content (AvgIpc) is 2.38. The second kappa shape index (κ2) is 5.23. The summed E-state index contributed by atoms with van der Waals surface area (Å²) in [6, 6.07) is 7.65. The van der Waals surface area contributed by atoms with Crippen LogP contribution in [0.15, 0.2) is 45.6 Å². The third kappa shape index (κ3) is 2.68. The number of hydrogen-bond donors (Lipinski definition) is 1. The van der Waals surface area contributed by atoms with Crippen molar-refractivity contribution in [2.24, 2.45) is 0 Å². The van der Waals surface area contributed by atoms with Crippen molar-refractivity contribution in [3.63, 3.8) is 0 Å². The second-order valence-electron chi connectivity index (χ2n) is 4.48. The Morgan fingerprint density at radius 1 is 1.16 bits per heavy atom. The van der Waals surface area contributed by atoms with Crippen LogP contribution >= 0.6 is 31.9 Å². The molecular weight excluding hydrogens is 374 g/mol. The third-order valence-corrected chi connectivity index (χ3v) is 4.07. The number of aliphatic hydroxyl groups is 1. The minimum absolute atomic E-state index is 0.179. The first kappa shape index (κ1) is 13.1. The van der Waals surface area contributed by atoms with Gasteiger partial charge in [0.25, 0.3) is 0 Å². The molecule has 0 saturated heterocycles. The summed E-state index contributed by atoms with van der Waals surface area (Å²) in [5.41, 5.74) is 1.79. The van der Waals surface area contributed by atoms with Gasteiger partial charge < -0.3 is 9.84 Å². The van der Waals surface area contributed by atoms with Gasteiger partial charge in [-0.1, -0.05) is 22.0 Å². The molecule has 3 nitrogen and oxygen atoms in total. The first-order valence-corrected chi connectivity index (χ1v) is 7.46. The number of aliphatic hydroxyl groups excluding tert-OH is 1. The van der Waals surface area contributed by atoms with Crippen LogP contribution in [0.25, 0.3) is 0 Å². The molecule has 19 heavy (non-hydrogen) atoms. The van der Waals surface area contributed by atoms with E-state index in [0.29, 0.717) is 6.42 Å². The van der Waals surface area contributed by atoms with Crippen molar-refractivity contribution in [2.75, 3.05) is 0 Å². The van der Waals surface area contributed by atoms with Gasteiger partial charge in [-0.05, 0) is 34.1 Å². The molecule has 3 rings (SSSR count). The van der Waals surface area contributed by atoms with Gasteiger partial charge in [0.15, 0.2) is 0 Å². The summed E-state index contributed by atoms with van der Waals surface area (Å²) in [5.74, 6) is 0.720. The van der Waals surface area contributed by atoms with Gasteiger partial charge in [0.2, 0.25) is 0 Å². The van der Waals surface area contributed by atoms with E-state index < -0.39 is 6.10 Å². The number of pyridine rings is 1. The van der Waals surface area contributed by atoms with E-state index in [1.54, 1.807) is 12.4 Å². The van der Waals surface area contributed by atoms with E-state index in [0.717, 1.165) is 25.8 Å². The summed E-state index contributed by atoms with van der Waals surface area (Å²) in [7, 11) is 0. The van der Waals surface area contributed by atoms with Gasteiger partial charge in [-0.15, -0.1) is 0 Å². The summed E-state index contributed by atoms with van der Waals surface area (Å²) < 4.78 is 7.82. The lowest BCUT2D eigenvalue weighted by Crippen LogP contribution is -2.19. The van der Waals surface area contributed by atoms with Gasteiger partial charge in [-0.3, -0.25) is 4.98 Å². The molecule has 98 valence electrons. The zero-order valence-corrected chi connectivity index (χ0v) is 13.1. The number of aromatic nitrogens is 1. The lowest BCUT2D eigenvalue weighted by atomic mass is 9.96. The van der Waals surface area contributed by atoms with Crippen LogP contribution in [0, 0.1) is 0 Å². The Hall–Kier alpha value is -0.910. The first-order valence-electron chi connectivity index (χ1n) is 5.88. The molecular formula is C14H11Br2NO2. The summed E-state index contributed by atoms with van der Waals surface area (Å²) >= 11 is 6.82. The fourth-order valence-corrected chi connectivity index (χ4v) is 2.95. The molecule has 1 aliphatic rings. The summed E-state index contributed by atoms with van der Waals surface area (Å²) in [4.78, 5) is 4.14. The molecule has 1 aromatic carbocycles. The van der Waals surface area contributed by atoms with E-state index in [2.05, 4.69) is 36.8 Å². The number of rotatable bonds is 1. The molecule has 2 heterocycles. The number of hydrogen-bond acceptors (Lipinski definition) is 3. The standard InChI is InChI=1S/C14H11Br2NO2/c15-9-1-2-11-12(18)5-13(19-14(11)4-9)8-3-10(16)7-17-6-8/h1-4,6-7,12-13,18H,5H2. The van der Waals surface area contributed by atoms with Crippen LogP contribution in [0.1, 0.15) is 29.8 Å². The average molecular weight is 385 g/mol. The summed E-state index contributed by atoms with van der Waals surface area (Å²) in [5, 5.41) is 10.2. The Labute approximate surface area is 127 Å². The predicted molar refractivity (Wildman–Crippen MR) is 79.0 cm³/mol. The molecule has 2 unspecified atom stereocenters. The molecule has 1 N–H and O–H groups in total. The Kier molecular flexibility index (Phi) is 3.60. The van der Waals surface area contributed by atoms with Crippen molar-refractivity contribution in [2.45, 2.75) is 18.6 Å². The second-order valence-corrected chi connectivity index (χ2v) is 6.31. The van der Waals surface area contributed by atoms with Crippen molar-refractivity contribution in [1.29, 1.82) is 0 Å². The Balaban J connectivity index is 1.96. The highest BCUT2D eigenvalue weighted by Gasteiger charge is 2.28. The molecule has 0 fully saturated rings. The monoisotopic (exact) mass is 383 g/mol. The molecule has 0 spiro atoms. The highest BCUT2D eigenvalue weighted by atomic mass is 79.9. The number of halogens is 2. The van der Waals surface area contributed by atoms with E-state index in [1.165, 1.54) is 0 Å². The molecule has 2 atom stereocenters. The van der Waals surface area contributed by atoms with Gasteiger partial charge in [0.1, 0.15) is 11.9 Å². The topological polar surface area (TPSA) is 42.4 Å². The van der Waals surface area contributed by atoms with Crippen molar-refractivity contribution in [1.82, 2.24) is 4.98 Å². The van der Waals surface area contributed by atoms with Crippen LogP contribution in [0.2, 0.25) is 0 Å². The van der Waals surface area contributed by atoms with Gasteiger partial charge in [0, 0.05) is 38.9 Å². The minimum atomic E-state index is -0.513. The summed E-state index contributed by atoms with van der Waals surface area (Å²) in [6.07, 6.45) is 3.34. The van der Waals surface area contributed by atoms with E-state index in [-0.39, 0.29) is 6.10 Å². The SMILES string of the molecule is OC1CC(c2cncc(Br)c2)Oc2cc(Br)ccc21. The normalized spacial score (nSPS) is 21.6. The highest BCUT2D eigenvalue weighted by molar-refractivity contribution is 9.10. The van der Waals surface area contributed by atoms with Crippen LogP contribution in [0.3, 0.4) is 0 Å². The predicted octanol–water partition coefficient (Wildman–Crippen LogP) is 4.16. The Morgan fingerprint density at radius 3 is 2.79 bits per heavy atom.